The lowest BCUT2D eigenvalue weighted by molar-refractivity contribution is 0.420. The first-order valence-corrected chi connectivity index (χ1v) is 6.39. The zero-order chi connectivity index (χ0) is 14.7. The lowest BCUT2D eigenvalue weighted by atomic mass is 9.96. The molecule has 4 nitrogen and oxygen atoms in total. The van der Waals surface area contributed by atoms with Gasteiger partial charge < -0.3 is 16.1 Å². The molecule has 0 fully saturated rings. The highest BCUT2D eigenvalue weighted by Crippen LogP contribution is 2.29. The second kappa shape index (κ2) is 5.67. The maximum absolute atomic E-state index is 6.29. The van der Waals surface area contributed by atoms with Gasteiger partial charge in [-0.2, -0.15) is 0 Å². The standard InChI is InChI=1S/C16H20N4/c1-4-12-14(5-2)20(3)10-11-8-6-7-9-13(11)16(19-18)15(12)17/h4-9,19H,1-2,10,17-18H2,3H3/b14-12-,16-15-. The van der Waals surface area contributed by atoms with E-state index in [4.69, 9.17) is 11.6 Å². The minimum Gasteiger partial charge on any atom is -0.396 e. The summed E-state index contributed by atoms with van der Waals surface area (Å²) in [6.07, 6.45) is 3.51. The number of nitrogens with one attached hydrogen (secondary N) is 1. The van der Waals surface area contributed by atoms with E-state index >= 15 is 0 Å². The number of hydrazine groups is 1. The first-order valence-electron chi connectivity index (χ1n) is 6.39. The van der Waals surface area contributed by atoms with Crippen molar-refractivity contribution in [3.63, 3.8) is 0 Å². The lowest BCUT2D eigenvalue weighted by Gasteiger charge is -2.28. The largest absolute Gasteiger partial charge is 0.396 e. The SMILES string of the molecule is C=CC1=C(\C=C)N(C)Cc2ccccc2/C(NN)=C\1N. The Morgan fingerprint density at radius 2 is 1.95 bits per heavy atom. The number of hydrogen-bond donors (Lipinski definition) is 3. The molecule has 1 aromatic rings. The Kier molecular flexibility index (Phi) is 3.96. The number of allylic oxidation sites excluding steroid dienone is 2. The van der Waals surface area contributed by atoms with Crippen LogP contribution in [0.15, 0.2) is 66.5 Å². The summed E-state index contributed by atoms with van der Waals surface area (Å²) in [5.74, 6) is 5.68. The zero-order valence-corrected chi connectivity index (χ0v) is 11.7. The van der Waals surface area contributed by atoms with Crippen LogP contribution in [0, 0.1) is 0 Å². The van der Waals surface area contributed by atoms with Gasteiger partial charge in [-0.25, -0.2) is 0 Å². The molecule has 5 N–H and O–H groups in total. The maximum Gasteiger partial charge on any atom is 0.0799 e. The summed E-state index contributed by atoms with van der Waals surface area (Å²) >= 11 is 0. The average Bonchev–Trinajstić information content (AvgIpc) is 2.45. The third-order valence-electron chi connectivity index (χ3n) is 3.48. The van der Waals surface area contributed by atoms with E-state index in [9.17, 15) is 0 Å². The fraction of sp³-hybridized carbons (Fsp3) is 0.125. The molecule has 1 aromatic carbocycles. The molecule has 0 atom stereocenters. The first-order chi connectivity index (χ1) is 9.63. The van der Waals surface area contributed by atoms with E-state index in [2.05, 4.69) is 29.5 Å². The second-order valence-corrected chi connectivity index (χ2v) is 4.65. The fourth-order valence-electron chi connectivity index (χ4n) is 2.50. The molecule has 0 unspecified atom stereocenters. The van der Waals surface area contributed by atoms with Crippen LogP contribution in [0.5, 0.6) is 0 Å². The molecular formula is C16H20N4. The van der Waals surface area contributed by atoms with E-state index in [0.29, 0.717) is 11.4 Å². The number of hydrogen-bond acceptors (Lipinski definition) is 4. The molecule has 4 heteroatoms. The molecular weight excluding hydrogens is 248 g/mol. The summed E-state index contributed by atoms with van der Waals surface area (Å²) in [5.41, 5.74) is 14.2. The highest BCUT2D eigenvalue weighted by Gasteiger charge is 2.19. The number of benzene rings is 1. The minimum atomic E-state index is 0.566. The highest BCUT2D eigenvalue weighted by molar-refractivity contribution is 5.74. The second-order valence-electron chi connectivity index (χ2n) is 4.65. The lowest BCUT2D eigenvalue weighted by Crippen LogP contribution is -2.29. The fourth-order valence-corrected chi connectivity index (χ4v) is 2.50. The van der Waals surface area contributed by atoms with Gasteiger partial charge in [0.05, 0.1) is 11.4 Å². The van der Waals surface area contributed by atoms with Crippen molar-refractivity contribution in [1.82, 2.24) is 10.3 Å². The monoisotopic (exact) mass is 268 g/mol. The van der Waals surface area contributed by atoms with Crippen LogP contribution >= 0.6 is 0 Å². The predicted molar refractivity (Wildman–Crippen MR) is 83.8 cm³/mol. The summed E-state index contributed by atoms with van der Waals surface area (Å²) in [6, 6.07) is 8.04. The van der Waals surface area contributed by atoms with Crippen molar-refractivity contribution in [2.45, 2.75) is 6.54 Å². The Morgan fingerprint density at radius 1 is 1.25 bits per heavy atom. The molecule has 0 bridgehead atoms. The molecule has 0 amide bonds. The number of rotatable bonds is 3. The normalized spacial score (nSPS) is 22.6. The van der Waals surface area contributed by atoms with Crippen molar-refractivity contribution < 1.29 is 0 Å². The molecule has 1 heterocycles. The molecule has 2 rings (SSSR count). The Hall–Kier alpha value is -2.46. The molecule has 0 saturated heterocycles. The van der Waals surface area contributed by atoms with E-state index in [1.54, 1.807) is 12.2 Å². The number of likely N-dealkylation sites (N-methyl/N-ethyl adjacent to an activating group) is 1. The molecule has 1 aliphatic rings. The Bertz CT molecular complexity index is 611. The maximum atomic E-state index is 6.29. The van der Waals surface area contributed by atoms with Crippen LogP contribution in [-0.2, 0) is 6.54 Å². The quantitative estimate of drug-likeness (QED) is 0.578. The van der Waals surface area contributed by atoms with Gasteiger partial charge in [0.1, 0.15) is 0 Å². The summed E-state index contributed by atoms with van der Waals surface area (Å²) in [6.45, 7) is 8.46. The number of fused-ring (bicyclic) bond motifs is 1. The van der Waals surface area contributed by atoms with Gasteiger partial charge in [0.15, 0.2) is 0 Å². The van der Waals surface area contributed by atoms with Gasteiger partial charge in [-0.1, -0.05) is 43.5 Å². The van der Waals surface area contributed by atoms with Gasteiger partial charge in [-0.05, 0) is 11.6 Å². The van der Waals surface area contributed by atoms with Crippen molar-refractivity contribution in [3.05, 3.63) is 77.7 Å². The molecule has 0 radical (unpaired) electrons. The third-order valence-corrected chi connectivity index (χ3v) is 3.48. The molecule has 0 aromatic heterocycles. The smallest absolute Gasteiger partial charge is 0.0799 e. The van der Waals surface area contributed by atoms with E-state index in [1.807, 2.05) is 25.2 Å². The molecule has 0 saturated carbocycles. The first kappa shape index (κ1) is 14.0. The molecule has 1 aliphatic heterocycles. The van der Waals surface area contributed by atoms with E-state index in [0.717, 1.165) is 28.9 Å². The summed E-state index contributed by atoms with van der Waals surface area (Å²) in [5, 5.41) is 0. The summed E-state index contributed by atoms with van der Waals surface area (Å²) in [4.78, 5) is 2.10. The van der Waals surface area contributed by atoms with Crippen LogP contribution in [0.3, 0.4) is 0 Å². The van der Waals surface area contributed by atoms with Gasteiger partial charge in [0.25, 0.3) is 0 Å². The predicted octanol–water partition coefficient (Wildman–Crippen LogP) is 1.85. The van der Waals surface area contributed by atoms with Crippen molar-refractivity contribution in [2.24, 2.45) is 11.6 Å². The van der Waals surface area contributed by atoms with Crippen LogP contribution in [-0.4, -0.2) is 11.9 Å². The Morgan fingerprint density at radius 3 is 2.55 bits per heavy atom. The highest BCUT2D eigenvalue weighted by atomic mass is 15.2. The van der Waals surface area contributed by atoms with Crippen molar-refractivity contribution in [3.8, 4) is 0 Å². The van der Waals surface area contributed by atoms with Crippen LogP contribution in [0.25, 0.3) is 5.70 Å². The third kappa shape index (κ3) is 2.21. The zero-order valence-electron chi connectivity index (χ0n) is 11.7. The van der Waals surface area contributed by atoms with Crippen molar-refractivity contribution >= 4 is 5.70 Å². The Labute approximate surface area is 119 Å². The van der Waals surface area contributed by atoms with E-state index in [-0.39, 0.29) is 0 Å². The topological polar surface area (TPSA) is 67.3 Å². The van der Waals surface area contributed by atoms with Gasteiger partial charge in [-0.3, -0.25) is 5.84 Å². The van der Waals surface area contributed by atoms with Gasteiger partial charge in [-0.15, -0.1) is 0 Å². The minimum absolute atomic E-state index is 0.566. The molecule has 104 valence electrons. The van der Waals surface area contributed by atoms with Crippen LogP contribution in [0.1, 0.15) is 11.1 Å². The summed E-state index contributed by atoms with van der Waals surface area (Å²) < 4.78 is 0. The molecule has 0 aliphatic carbocycles. The van der Waals surface area contributed by atoms with E-state index < -0.39 is 0 Å². The van der Waals surface area contributed by atoms with Gasteiger partial charge in [0.2, 0.25) is 0 Å². The number of nitrogens with two attached hydrogens (primary N) is 2. The molecule has 0 spiro atoms. The van der Waals surface area contributed by atoms with Crippen LogP contribution in [0.4, 0.5) is 0 Å². The van der Waals surface area contributed by atoms with Gasteiger partial charge in [0, 0.05) is 30.4 Å². The van der Waals surface area contributed by atoms with Crippen LogP contribution < -0.4 is 17.0 Å². The summed E-state index contributed by atoms with van der Waals surface area (Å²) in [7, 11) is 2.01. The van der Waals surface area contributed by atoms with Crippen molar-refractivity contribution in [2.75, 3.05) is 7.05 Å². The van der Waals surface area contributed by atoms with E-state index in [1.165, 1.54) is 0 Å². The van der Waals surface area contributed by atoms with Gasteiger partial charge >= 0.3 is 0 Å². The Balaban J connectivity index is 2.80. The average molecular weight is 268 g/mol. The van der Waals surface area contributed by atoms with Crippen molar-refractivity contribution in [1.29, 1.82) is 0 Å². The number of nitrogens with zero attached hydrogens (tertiary/aromatic N) is 1. The molecule has 20 heavy (non-hydrogen) atoms. The van der Waals surface area contributed by atoms with Crippen LogP contribution in [0.2, 0.25) is 0 Å².